The fourth-order valence-electron chi connectivity index (χ4n) is 3.46. The summed E-state index contributed by atoms with van der Waals surface area (Å²) in [6, 6.07) is 21.3. The molecule has 0 saturated heterocycles. The number of sulfonamides is 1. The predicted molar refractivity (Wildman–Crippen MR) is 142 cm³/mol. The molecule has 4 N–H and O–H groups in total. The number of halogens is 1. The summed E-state index contributed by atoms with van der Waals surface area (Å²) in [6.45, 7) is 2.18. The summed E-state index contributed by atoms with van der Waals surface area (Å²) in [5, 5.41) is 6.59. The van der Waals surface area contributed by atoms with Crippen molar-refractivity contribution in [2.75, 3.05) is 16.7 Å². The van der Waals surface area contributed by atoms with Gasteiger partial charge in [0.2, 0.25) is 17.6 Å². The summed E-state index contributed by atoms with van der Waals surface area (Å²) in [5.74, 6) is -0.00929. The molecule has 0 aliphatic heterocycles. The smallest absolute Gasteiger partial charge is 0.261 e. The number of hydrogen-bond acceptors (Lipinski definition) is 7. The molecule has 0 fully saturated rings. The van der Waals surface area contributed by atoms with Crippen molar-refractivity contribution in [3.8, 4) is 11.4 Å². The van der Waals surface area contributed by atoms with Crippen LogP contribution in [0.1, 0.15) is 31.3 Å². The lowest BCUT2D eigenvalue weighted by Crippen LogP contribution is -2.32. The Hall–Kier alpha value is -4.09. The maximum absolute atomic E-state index is 13.0. The summed E-state index contributed by atoms with van der Waals surface area (Å²) in [7, 11) is -3.95. The number of carbonyl (C=O) groups excluding carboxylic acids is 1. The molecular weight excluding hydrogens is 509 g/mol. The Morgan fingerprint density at radius 3 is 2.39 bits per heavy atom. The Balaban J connectivity index is 1.45. The number of nitrogens with one attached hydrogen (secondary N) is 2. The molecule has 4 aromatic rings. The van der Waals surface area contributed by atoms with Crippen LogP contribution in [0.25, 0.3) is 11.4 Å². The minimum Gasteiger partial charge on any atom is -0.337 e. The molecule has 1 aromatic heterocycles. The van der Waals surface area contributed by atoms with Gasteiger partial charge in [0.25, 0.3) is 10.0 Å². The third-order valence-electron chi connectivity index (χ3n) is 5.80. The molecule has 11 heteroatoms. The van der Waals surface area contributed by atoms with E-state index in [0.29, 0.717) is 17.7 Å². The van der Waals surface area contributed by atoms with Crippen LogP contribution in [0.2, 0.25) is 0 Å². The quantitative estimate of drug-likeness (QED) is 0.266. The average Bonchev–Trinajstić information content (AvgIpc) is 3.41. The molecule has 0 radical (unpaired) electrons. The first-order valence-corrected chi connectivity index (χ1v) is 13.3. The number of hydrogen-bond donors (Lipinski definition) is 3. The minimum atomic E-state index is -3.95. The molecule has 4 rings (SSSR count). The van der Waals surface area contributed by atoms with Crippen LogP contribution in [-0.4, -0.2) is 31.1 Å². The van der Waals surface area contributed by atoms with Crippen LogP contribution in [0, 0.1) is 5.41 Å². The molecule has 0 aliphatic rings. The number of aromatic nitrogens is 2. The van der Waals surface area contributed by atoms with Gasteiger partial charge in [-0.1, -0.05) is 47.6 Å². The number of amides is 1. The second-order valence-electron chi connectivity index (χ2n) is 9.43. The van der Waals surface area contributed by atoms with Crippen LogP contribution in [0.15, 0.2) is 88.3 Å². The van der Waals surface area contributed by atoms with E-state index >= 15 is 0 Å². The molecule has 0 bridgehead atoms. The third kappa shape index (κ3) is 6.42. The number of nitrogens with zero attached hydrogens (tertiary/aromatic N) is 2. The Labute approximate surface area is 220 Å². The van der Waals surface area contributed by atoms with Crippen LogP contribution in [0.4, 0.5) is 15.8 Å². The van der Waals surface area contributed by atoms with Crippen molar-refractivity contribution in [2.45, 2.75) is 31.2 Å². The number of nitrogens with two attached hydrogens (primary N) is 1. The van der Waals surface area contributed by atoms with Crippen molar-refractivity contribution in [3.63, 3.8) is 0 Å². The van der Waals surface area contributed by atoms with Gasteiger partial charge in [0.15, 0.2) is 0 Å². The molecule has 1 amide bonds. The highest BCUT2D eigenvalue weighted by Crippen LogP contribution is 2.25. The molecule has 1 atom stereocenters. The standard InChI is InChI=1S/C27H28FN5O4S/c1-27(2,17-28)26(34)30-20-11-13-21(14-12-20)33-38(35,36)22-10-6-9-19(16-22)24-31-25(37-32-24)23(29)15-18-7-4-3-5-8-18/h3-14,16,23,33H,15,17,29H2,1-2H3,(H,30,34). The van der Waals surface area contributed by atoms with Gasteiger partial charge < -0.3 is 15.6 Å². The van der Waals surface area contributed by atoms with Gasteiger partial charge in [-0.25, -0.2) is 12.8 Å². The predicted octanol–water partition coefficient (Wildman–Crippen LogP) is 4.71. The van der Waals surface area contributed by atoms with Crippen LogP contribution >= 0.6 is 0 Å². The zero-order valence-corrected chi connectivity index (χ0v) is 21.7. The Bertz CT molecular complexity index is 1510. The monoisotopic (exact) mass is 537 g/mol. The Kier molecular flexibility index (Phi) is 7.88. The number of rotatable bonds is 10. The number of carbonyl (C=O) groups is 1. The topological polar surface area (TPSA) is 140 Å². The lowest BCUT2D eigenvalue weighted by Gasteiger charge is -2.19. The van der Waals surface area contributed by atoms with Crippen LogP contribution in [0.3, 0.4) is 0 Å². The highest BCUT2D eigenvalue weighted by Gasteiger charge is 2.27. The first-order valence-electron chi connectivity index (χ1n) is 11.8. The van der Waals surface area contributed by atoms with E-state index in [9.17, 15) is 17.6 Å². The van der Waals surface area contributed by atoms with Gasteiger partial charge in [-0.15, -0.1) is 0 Å². The number of benzene rings is 3. The lowest BCUT2D eigenvalue weighted by molar-refractivity contribution is -0.124. The summed E-state index contributed by atoms with van der Waals surface area (Å²) >= 11 is 0. The molecule has 0 aliphatic carbocycles. The van der Waals surface area contributed by atoms with Gasteiger partial charge in [0, 0.05) is 16.9 Å². The molecule has 198 valence electrons. The van der Waals surface area contributed by atoms with Crippen molar-refractivity contribution in [3.05, 3.63) is 90.3 Å². The fraction of sp³-hybridized carbons (Fsp3) is 0.222. The Morgan fingerprint density at radius 2 is 1.71 bits per heavy atom. The van der Waals surface area contributed by atoms with Gasteiger partial charge in [-0.05, 0) is 62.2 Å². The largest absolute Gasteiger partial charge is 0.337 e. The number of alkyl halides is 1. The van der Waals surface area contributed by atoms with Gasteiger partial charge in [0.1, 0.15) is 6.67 Å². The second kappa shape index (κ2) is 11.1. The van der Waals surface area contributed by atoms with Crippen molar-refractivity contribution in [1.29, 1.82) is 0 Å². The van der Waals surface area contributed by atoms with Gasteiger partial charge in [0.05, 0.1) is 16.4 Å². The molecule has 0 saturated carbocycles. The molecular formula is C27H28FN5O4S. The zero-order valence-electron chi connectivity index (χ0n) is 20.9. The van der Waals surface area contributed by atoms with Crippen molar-refractivity contribution >= 4 is 27.3 Å². The molecule has 9 nitrogen and oxygen atoms in total. The fourth-order valence-corrected chi connectivity index (χ4v) is 4.56. The van der Waals surface area contributed by atoms with Crippen LogP contribution < -0.4 is 15.8 Å². The molecule has 1 heterocycles. The average molecular weight is 538 g/mol. The minimum absolute atomic E-state index is 0.00277. The normalized spacial score (nSPS) is 12.6. The highest BCUT2D eigenvalue weighted by atomic mass is 32.2. The van der Waals surface area contributed by atoms with E-state index in [1.54, 1.807) is 12.1 Å². The maximum atomic E-state index is 13.0. The Morgan fingerprint density at radius 1 is 1.03 bits per heavy atom. The summed E-state index contributed by atoms with van der Waals surface area (Å²) in [6.07, 6.45) is 0.511. The van der Waals surface area contributed by atoms with E-state index in [1.165, 1.54) is 50.2 Å². The zero-order chi connectivity index (χ0) is 27.3. The highest BCUT2D eigenvalue weighted by molar-refractivity contribution is 7.92. The summed E-state index contributed by atoms with van der Waals surface area (Å²) < 4.78 is 46.9. The van der Waals surface area contributed by atoms with Crippen molar-refractivity contribution in [1.82, 2.24) is 10.1 Å². The van der Waals surface area contributed by atoms with E-state index in [2.05, 4.69) is 20.2 Å². The molecule has 38 heavy (non-hydrogen) atoms. The van der Waals surface area contributed by atoms with E-state index < -0.39 is 34.1 Å². The summed E-state index contributed by atoms with van der Waals surface area (Å²) in [4.78, 5) is 16.5. The van der Waals surface area contributed by atoms with Gasteiger partial charge in [-0.3, -0.25) is 9.52 Å². The lowest BCUT2D eigenvalue weighted by atomic mass is 9.94. The van der Waals surface area contributed by atoms with E-state index in [0.717, 1.165) is 5.56 Å². The molecule has 0 spiro atoms. The van der Waals surface area contributed by atoms with Gasteiger partial charge in [-0.2, -0.15) is 4.98 Å². The third-order valence-corrected chi connectivity index (χ3v) is 7.18. The SMILES string of the molecule is CC(C)(CF)C(=O)Nc1ccc(NS(=O)(=O)c2cccc(-c3noc(C(N)Cc4ccccc4)n3)c2)cc1. The van der Waals surface area contributed by atoms with Crippen molar-refractivity contribution in [2.24, 2.45) is 11.1 Å². The molecule has 1 unspecified atom stereocenters. The van der Waals surface area contributed by atoms with E-state index in [1.807, 2.05) is 30.3 Å². The van der Waals surface area contributed by atoms with E-state index in [-0.39, 0.29) is 22.3 Å². The van der Waals surface area contributed by atoms with Gasteiger partial charge >= 0.3 is 0 Å². The molecule has 3 aromatic carbocycles. The second-order valence-corrected chi connectivity index (χ2v) is 11.1. The van der Waals surface area contributed by atoms with Crippen LogP contribution in [0.5, 0.6) is 0 Å². The number of anilines is 2. The van der Waals surface area contributed by atoms with Crippen molar-refractivity contribution < 1.29 is 22.1 Å². The van der Waals surface area contributed by atoms with E-state index in [4.69, 9.17) is 10.3 Å². The summed E-state index contributed by atoms with van der Waals surface area (Å²) in [5.41, 5.74) is 7.23. The first-order chi connectivity index (χ1) is 18.1. The first kappa shape index (κ1) is 27.0. The maximum Gasteiger partial charge on any atom is 0.261 e. The van der Waals surface area contributed by atoms with Crippen LogP contribution in [-0.2, 0) is 21.2 Å².